The van der Waals surface area contributed by atoms with Gasteiger partial charge in [0.05, 0.1) is 5.56 Å². The number of rotatable bonds is 4. The Morgan fingerprint density at radius 1 is 1.12 bits per heavy atom. The quantitative estimate of drug-likeness (QED) is 0.505. The molecule has 0 saturated heterocycles. The van der Waals surface area contributed by atoms with Crippen LogP contribution in [0.5, 0.6) is 0 Å². The number of anilines is 2. The predicted octanol–water partition coefficient (Wildman–Crippen LogP) is 3.47. The summed E-state index contributed by atoms with van der Waals surface area (Å²) in [5.41, 5.74) is 7.94. The van der Waals surface area contributed by atoms with Gasteiger partial charge in [-0.3, -0.25) is 20.4 Å². The van der Waals surface area contributed by atoms with E-state index in [9.17, 15) is 9.59 Å². The Kier molecular flexibility index (Phi) is 6.11. The van der Waals surface area contributed by atoms with Gasteiger partial charge >= 0.3 is 0 Å². The van der Waals surface area contributed by atoms with Gasteiger partial charge in [0.1, 0.15) is 11.7 Å². The minimum Gasteiger partial charge on any atom is -0.340 e. The van der Waals surface area contributed by atoms with E-state index in [0.717, 1.165) is 47.1 Å². The highest BCUT2D eigenvalue weighted by Crippen LogP contribution is 2.27. The third-order valence-electron chi connectivity index (χ3n) is 4.09. The van der Waals surface area contributed by atoms with Crippen molar-refractivity contribution in [2.75, 3.05) is 11.2 Å². The van der Waals surface area contributed by atoms with Crippen LogP contribution >= 0.6 is 27.5 Å². The minimum atomic E-state index is -0.478. The SMILES string of the molecule is O=C(CCl)NNC(=O)c1cc2c(nc1Nc1ccc(Br)cc1)CCCC2. The summed E-state index contributed by atoms with van der Waals surface area (Å²) in [6.45, 7) is 0. The number of amides is 2. The number of nitrogens with one attached hydrogen (secondary N) is 3. The Labute approximate surface area is 164 Å². The van der Waals surface area contributed by atoms with Crippen molar-refractivity contribution in [2.45, 2.75) is 25.7 Å². The molecule has 8 heteroatoms. The van der Waals surface area contributed by atoms with E-state index in [1.54, 1.807) is 0 Å². The molecule has 0 spiro atoms. The number of carbonyl (C=O) groups is 2. The number of hydrogen-bond donors (Lipinski definition) is 3. The Bertz CT molecular complexity index is 827. The maximum Gasteiger partial charge on any atom is 0.273 e. The number of aromatic nitrogens is 1. The molecule has 2 aromatic rings. The van der Waals surface area contributed by atoms with Crippen LogP contribution < -0.4 is 16.2 Å². The van der Waals surface area contributed by atoms with Gasteiger partial charge in [0.2, 0.25) is 0 Å². The van der Waals surface area contributed by atoms with Crippen LogP contribution in [0.25, 0.3) is 0 Å². The van der Waals surface area contributed by atoms with Crippen LogP contribution in [-0.2, 0) is 17.6 Å². The molecule has 1 aromatic carbocycles. The van der Waals surface area contributed by atoms with Gasteiger partial charge in [-0.25, -0.2) is 4.98 Å². The summed E-state index contributed by atoms with van der Waals surface area (Å²) in [5.74, 6) is -0.685. The van der Waals surface area contributed by atoms with Crippen LogP contribution in [-0.4, -0.2) is 22.7 Å². The summed E-state index contributed by atoms with van der Waals surface area (Å²) < 4.78 is 0.961. The second kappa shape index (κ2) is 8.51. The average molecular weight is 438 g/mol. The van der Waals surface area contributed by atoms with E-state index in [1.807, 2.05) is 30.3 Å². The summed E-state index contributed by atoms with van der Waals surface area (Å²) in [4.78, 5) is 28.5. The molecule has 0 radical (unpaired) electrons. The van der Waals surface area contributed by atoms with Crippen LogP contribution in [0.1, 0.15) is 34.5 Å². The molecule has 3 N–H and O–H groups in total. The lowest BCUT2D eigenvalue weighted by molar-refractivity contribution is -0.119. The van der Waals surface area contributed by atoms with Crippen molar-refractivity contribution < 1.29 is 9.59 Å². The molecule has 1 aliphatic rings. The molecule has 1 heterocycles. The molecule has 2 amide bonds. The first-order valence-corrected chi connectivity index (χ1v) is 9.60. The molecule has 1 aliphatic carbocycles. The second-order valence-electron chi connectivity index (χ2n) is 5.97. The number of hydrazine groups is 1. The highest BCUT2D eigenvalue weighted by molar-refractivity contribution is 9.10. The average Bonchev–Trinajstić information content (AvgIpc) is 2.67. The van der Waals surface area contributed by atoms with E-state index in [2.05, 4.69) is 37.1 Å². The molecule has 0 fully saturated rings. The molecule has 6 nitrogen and oxygen atoms in total. The van der Waals surface area contributed by atoms with E-state index in [4.69, 9.17) is 11.6 Å². The van der Waals surface area contributed by atoms with E-state index in [1.165, 1.54) is 0 Å². The first-order valence-electron chi connectivity index (χ1n) is 8.27. The number of carbonyl (C=O) groups excluding carboxylic acids is 2. The molecule has 0 saturated carbocycles. The number of alkyl halides is 1. The van der Waals surface area contributed by atoms with Gasteiger partial charge in [-0.15, -0.1) is 11.6 Å². The third-order valence-corrected chi connectivity index (χ3v) is 4.86. The molecule has 0 bridgehead atoms. The first-order chi connectivity index (χ1) is 12.6. The topological polar surface area (TPSA) is 83.1 Å². The third kappa shape index (κ3) is 4.53. The van der Waals surface area contributed by atoms with Gasteiger partial charge in [0.15, 0.2) is 0 Å². The summed E-state index contributed by atoms with van der Waals surface area (Å²) >= 11 is 8.84. The first kappa shape index (κ1) is 18.7. The number of nitrogens with zero attached hydrogens (tertiary/aromatic N) is 1. The molecule has 0 aliphatic heterocycles. The molecule has 0 atom stereocenters. The summed E-state index contributed by atoms with van der Waals surface area (Å²) in [7, 11) is 0. The van der Waals surface area contributed by atoms with Crippen LogP contribution in [0, 0.1) is 0 Å². The standard InChI is InChI=1S/C18H18BrClN4O2/c19-12-5-7-13(8-6-12)21-17-14(18(26)24-23-16(25)10-20)9-11-3-1-2-4-15(11)22-17/h5-9H,1-4,10H2,(H,21,22)(H,23,25)(H,24,26). The Hall–Kier alpha value is -2.12. The Morgan fingerprint density at radius 2 is 1.85 bits per heavy atom. The number of aryl methyl sites for hydroxylation is 2. The fourth-order valence-electron chi connectivity index (χ4n) is 2.80. The lowest BCUT2D eigenvalue weighted by Crippen LogP contribution is -2.42. The largest absolute Gasteiger partial charge is 0.340 e. The van der Waals surface area contributed by atoms with Gasteiger partial charge in [-0.1, -0.05) is 15.9 Å². The van der Waals surface area contributed by atoms with E-state index < -0.39 is 11.8 Å². The Morgan fingerprint density at radius 3 is 2.58 bits per heavy atom. The highest BCUT2D eigenvalue weighted by atomic mass is 79.9. The van der Waals surface area contributed by atoms with Crippen molar-refractivity contribution in [3.63, 3.8) is 0 Å². The van der Waals surface area contributed by atoms with Gasteiger partial charge in [-0.05, 0) is 61.6 Å². The summed E-state index contributed by atoms with van der Waals surface area (Å²) in [6, 6.07) is 9.44. The monoisotopic (exact) mass is 436 g/mol. The lowest BCUT2D eigenvalue weighted by Gasteiger charge is -2.19. The van der Waals surface area contributed by atoms with Crippen LogP contribution in [0.4, 0.5) is 11.5 Å². The summed E-state index contributed by atoms with van der Waals surface area (Å²) in [6.07, 6.45) is 3.97. The lowest BCUT2D eigenvalue weighted by atomic mass is 9.94. The van der Waals surface area contributed by atoms with Crippen molar-refractivity contribution in [3.8, 4) is 0 Å². The number of fused-ring (bicyclic) bond motifs is 1. The van der Waals surface area contributed by atoms with Crippen LogP contribution in [0.3, 0.4) is 0 Å². The van der Waals surface area contributed by atoms with Crippen LogP contribution in [0.2, 0.25) is 0 Å². The van der Waals surface area contributed by atoms with Crippen molar-refractivity contribution in [1.82, 2.24) is 15.8 Å². The molecule has 1 aromatic heterocycles. The van der Waals surface area contributed by atoms with Gasteiger partial charge in [-0.2, -0.15) is 0 Å². The Balaban J connectivity index is 1.90. The molecular formula is C18H18BrClN4O2. The van der Waals surface area contributed by atoms with Gasteiger partial charge in [0, 0.05) is 15.9 Å². The van der Waals surface area contributed by atoms with E-state index in [0.29, 0.717) is 11.4 Å². The number of benzene rings is 1. The highest BCUT2D eigenvalue weighted by Gasteiger charge is 2.20. The van der Waals surface area contributed by atoms with Crippen LogP contribution in [0.15, 0.2) is 34.8 Å². The minimum absolute atomic E-state index is 0.229. The van der Waals surface area contributed by atoms with Gasteiger partial charge < -0.3 is 5.32 Å². The maximum absolute atomic E-state index is 12.6. The van der Waals surface area contributed by atoms with Crippen molar-refractivity contribution in [1.29, 1.82) is 0 Å². The molecule has 0 unspecified atom stereocenters. The number of pyridine rings is 1. The molecule has 136 valence electrons. The van der Waals surface area contributed by atoms with E-state index in [-0.39, 0.29) is 5.88 Å². The smallest absolute Gasteiger partial charge is 0.273 e. The van der Waals surface area contributed by atoms with Crippen molar-refractivity contribution in [3.05, 3.63) is 51.6 Å². The molecule has 26 heavy (non-hydrogen) atoms. The normalized spacial score (nSPS) is 12.8. The van der Waals surface area contributed by atoms with Gasteiger partial charge in [0.25, 0.3) is 11.8 Å². The predicted molar refractivity (Wildman–Crippen MR) is 105 cm³/mol. The fourth-order valence-corrected chi connectivity index (χ4v) is 3.13. The number of halogens is 2. The van der Waals surface area contributed by atoms with Crippen molar-refractivity contribution in [2.24, 2.45) is 0 Å². The zero-order valence-corrected chi connectivity index (χ0v) is 16.3. The zero-order chi connectivity index (χ0) is 18.5. The molecular weight excluding hydrogens is 420 g/mol. The molecule has 3 rings (SSSR count). The fraction of sp³-hybridized carbons (Fsp3) is 0.278. The van der Waals surface area contributed by atoms with E-state index >= 15 is 0 Å². The summed E-state index contributed by atoms with van der Waals surface area (Å²) in [5, 5.41) is 3.20. The zero-order valence-electron chi connectivity index (χ0n) is 13.9. The van der Waals surface area contributed by atoms with Crippen molar-refractivity contribution >= 4 is 50.9 Å². The number of hydrogen-bond acceptors (Lipinski definition) is 4. The second-order valence-corrected chi connectivity index (χ2v) is 7.15. The maximum atomic E-state index is 12.6.